The van der Waals surface area contributed by atoms with Crippen LogP contribution in [0.1, 0.15) is 19.3 Å². The van der Waals surface area contributed by atoms with Crippen molar-refractivity contribution < 1.29 is 14.3 Å². The van der Waals surface area contributed by atoms with Gasteiger partial charge in [-0.25, -0.2) is 0 Å². The van der Waals surface area contributed by atoms with E-state index in [1.54, 1.807) is 0 Å². The van der Waals surface area contributed by atoms with Crippen LogP contribution < -0.4 is 0 Å². The maximum atomic E-state index is 11.4. The van der Waals surface area contributed by atoms with Gasteiger partial charge in [0.15, 0.2) is 5.60 Å². The molecule has 0 radical (unpaired) electrons. The molecule has 3 nitrogen and oxygen atoms in total. The maximum Gasteiger partial charge on any atom is 0.310 e. The summed E-state index contributed by atoms with van der Waals surface area (Å²) in [5.41, 5.74) is -0.924. The molecule has 1 heterocycles. The Hall–Kier alpha value is -0.570. The van der Waals surface area contributed by atoms with Crippen LogP contribution in [0.4, 0.5) is 0 Å². The Labute approximate surface area is 80.4 Å². The standard InChI is InChI=1S/C9H9ClO3/c10-8(12)9-3-4-1-5(6(9)2-4)7(11)13-9/h4-6H,1-3H2. The third-order valence-corrected chi connectivity index (χ3v) is 4.09. The van der Waals surface area contributed by atoms with E-state index in [1.807, 2.05) is 0 Å². The Kier molecular flexibility index (Phi) is 1.25. The van der Waals surface area contributed by atoms with Crippen LogP contribution in [-0.4, -0.2) is 16.8 Å². The Balaban J connectivity index is 2.09. The summed E-state index contributed by atoms with van der Waals surface area (Å²) >= 11 is 5.51. The van der Waals surface area contributed by atoms with E-state index in [1.165, 1.54) is 0 Å². The fraction of sp³-hybridized carbons (Fsp3) is 0.778. The average Bonchev–Trinajstić information content (AvgIpc) is 2.61. The number of carbonyl (C=O) groups excluding carboxylic acids is 2. The minimum Gasteiger partial charge on any atom is -0.449 e. The Bertz CT molecular complexity index is 312. The van der Waals surface area contributed by atoms with Gasteiger partial charge in [0, 0.05) is 5.92 Å². The molecule has 0 aromatic heterocycles. The second kappa shape index (κ2) is 2.08. The van der Waals surface area contributed by atoms with Crippen LogP contribution in [0.15, 0.2) is 0 Å². The molecule has 4 heteroatoms. The zero-order valence-corrected chi connectivity index (χ0v) is 7.71. The van der Waals surface area contributed by atoms with E-state index in [4.69, 9.17) is 16.3 Å². The van der Waals surface area contributed by atoms with Crippen LogP contribution in [0.2, 0.25) is 0 Å². The van der Waals surface area contributed by atoms with E-state index >= 15 is 0 Å². The highest BCUT2D eigenvalue weighted by Crippen LogP contribution is 2.60. The van der Waals surface area contributed by atoms with Gasteiger partial charge in [0.2, 0.25) is 0 Å². The van der Waals surface area contributed by atoms with Gasteiger partial charge in [0.05, 0.1) is 5.92 Å². The van der Waals surface area contributed by atoms with E-state index < -0.39 is 10.8 Å². The highest BCUT2D eigenvalue weighted by atomic mass is 35.5. The number of carbonyl (C=O) groups is 2. The monoisotopic (exact) mass is 200 g/mol. The van der Waals surface area contributed by atoms with Gasteiger partial charge in [-0.3, -0.25) is 9.59 Å². The van der Waals surface area contributed by atoms with Gasteiger partial charge in [-0.2, -0.15) is 0 Å². The van der Waals surface area contributed by atoms with Gasteiger partial charge in [-0.15, -0.1) is 0 Å². The number of hydrogen-bond acceptors (Lipinski definition) is 3. The van der Waals surface area contributed by atoms with Gasteiger partial charge in [0.25, 0.3) is 5.24 Å². The number of esters is 1. The second-order valence-electron chi connectivity index (χ2n) is 4.34. The van der Waals surface area contributed by atoms with Crippen molar-refractivity contribution in [1.29, 1.82) is 0 Å². The molecule has 3 aliphatic rings. The predicted octanol–water partition coefficient (Wildman–Crippen LogP) is 1.09. The van der Waals surface area contributed by atoms with Crippen molar-refractivity contribution in [3.63, 3.8) is 0 Å². The number of hydrogen-bond donors (Lipinski definition) is 0. The van der Waals surface area contributed by atoms with E-state index in [-0.39, 0.29) is 17.8 Å². The van der Waals surface area contributed by atoms with Crippen LogP contribution >= 0.6 is 11.6 Å². The van der Waals surface area contributed by atoms with Crippen LogP contribution in [0, 0.1) is 17.8 Å². The van der Waals surface area contributed by atoms with Crippen LogP contribution in [-0.2, 0) is 14.3 Å². The number of fused-ring (bicyclic) bond motifs is 1. The summed E-state index contributed by atoms with van der Waals surface area (Å²) in [7, 11) is 0. The maximum absolute atomic E-state index is 11.4. The third-order valence-electron chi connectivity index (χ3n) is 3.77. The summed E-state index contributed by atoms with van der Waals surface area (Å²) in [6.45, 7) is 0. The van der Waals surface area contributed by atoms with Crippen LogP contribution in [0.25, 0.3) is 0 Å². The molecule has 1 saturated heterocycles. The molecule has 2 bridgehead atoms. The van der Waals surface area contributed by atoms with E-state index in [0.29, 0.717) is 12.3 Å². The highest BCUT2D eigenvalue weighted by molar-refractivity contribution is 6.65. The van der Waals surface area contributed by atoms with Gasteiger partial charge in [-0.1, -0.05) is 0 Å². The Morgan fingerprint density at radius 1 is 1.54 bits per heavy atom. The zero-order chi connectivity index (χ0) is 9.22. The first-order valence-electron chi connectivity index (χ1n) is 4.56. The van der Waals surface area contributed by atoms with Crippen LogP contribution in [0.3, 0.4) is 0 Å². The molecule has 13 heavy (non-hydrogen) atoms. The molecule has 0 aromatic carbocycles. The molecule has 2 aliphatic carbocycles. The van der Waals surface area contributed by atoms with Crippen molar-refractivity contribution in [2.24, 2.45) is 17.8 Å². The van der Waals surface area contributed by atoms with Crippen molar-refractivity contribution in [3.05, 3.63) is 0 Å². The van der Waals surface area contributed by atoms with E-state index in [9.17, 15) is 9.59 Å². The SMILES string of the molecule is O=C1OC2(C(=O)Cl)CC3CC1C2C3. The van der Waals surface area contributed by atoms with Gasteiger partial charge in [0.1, 0.15) is 0 Å². The summed E-state index contributed by atoms with van der Waals surface area (Å²) in [6.07, 6.45) is 2.49. The van der Waals surface area contributed by atoms with Crippen molar-refractivity contribution in [1.82, 2.24) is 0 Å². The predicted molar refractivity (Wildman–Crippen MR) is 44.0 cm³/mol. The van der Waals surface area contributed by atoms with Crippen molar-refractivity contribution in [3.8, 4) is 0 Å². The quantitative estimate of drug-likeness (QED) is 0.470. The summed E-state index contributed by atoms with van der Waals surface area (Å²) in [4.78, 5) is 22.6. The second-order valence-corrected chi connectivity index (χ2v) is 4.68. The molecule has 4 unspecified atom stereocenters. The van der Waals surface area contributed by atoms with Gasteiger partial charge < -0.3 is 4.74 Å². The van der Waals surface area contributed by atoms with Crippen molar-refractivity contribution >= 4 is 22.8 Å². The fourth-order valence-corrected chi connectivity index (χ4v) is 3.56. The average molecular weight is 201 g/mol. The largest absolute Gasteiger partial charge is 0.449 e. The molecular formula is C9H9ClO3. The lowest BCUT2D eigenvalue weighted by molar-refractivity contribution is -0.155. The van der Waals surface area contributed by atoms with E-state index in [2.05, 4.69) is 0 Å². The third kappa shape index (κ3) is 0.725. The molecule has 0 N–H and O–H groups in total. The van der Waals surface area contributed by atoms with Gasteiger partial charge in [-0.05, 0) is 36.8 Å². The number of rotatable bonds is 1. The molecule has 3 rings (SSSR count). The summed E-state index contributed by atoms with van der Waals surface area (Å²) < 4.78 is 5.17. The Morgan fingerprint density at radius 2 is 2.31 bits per heavy atom. The minimum absolute atomic E-state index is 0.0403. The molecule has 2 saturated carbocycles. The molecule has 0 amide bonds. The first-order chi connectivity index (χ1) is 6.13. The summed E-state index contributed by atoms with van der Waals surface area (Å²) in [6, 6.07) is 0. The molecule has 0 aromatic rings. The summed E-state index contributed by atoms with van der Waals surface area (Å²) in [5, 5.41) is -0.476. The molecule has 0 spiro atoms. The normalized spacial score (nSPS) is 51.2. The van der Waals surface area contributed by atoms with Gasteiger partial charge >= 0.3 is 5.97 Å². The lowest BCUT2D eigenvalue weighted by Crippen LogP contribution is -2.40. The lowest BCUT2D eigenvalue weighted by Gasteiger charge is -2.25. The number of ether oxygens (including phenoxy) is 1. The lowest BCUT2D eigenvalue weighted by atomic mass is 9.81. The molecule has 70 valence electrons. The topological polar surface area (TPSA) is 43.4 Å². The highest BCUT2D eigenvalue weighted by Gasteiger charge is 2.68. The zero-order valence-electron chi connectivity index (χ0n) is 6.96. The van der Waals surface area contributed by atoms with Crippen molar-refractivity contribution in [2.75, 3.05) is 0 Å². The first-order valence-corrected chi connectivity index (χ1v) is 4.94. The smallest absolute Gasteiger partial charge is 0.310 e. The molecule has 3 fully saturated rings. The minimum atomic E-state index is -0.924. The number of halogens is 1. The Morgan fingerprint density at radius 3 is 2.85 bits per heavy atom. The van der Waals surface area contributed by atoms with E-state index in [0.717, 1.165) is 12.8 Å². The fourth-order valence-electron chi connectivity index (χ4n) is 3.30. The molecule has 1 aliphatic heterocycles. The molecular weight excluding hydrogens is 192 g/mol. The summed E-state index contributed by atoms with van der Waals surface area (Å²) in [5.74, 6) is 0.305. The van der Waals surface area contributed by atoms with Crippen LogP contribution in [0.5, 0.6) is 0 Å². The first kappa shape index (κ1) is 7.80. The van der Waals surface area contributed by atoms with Crippen molar-refractivity contribution in [2.45, 2.75) is 24.9 Å². The molecule has 4 atom stereocenters.